The van der Waals surface area contributed by atoms with Gasteiger partial charge in [-0.25, -0.2) is 8.42 Å². The number of nitrogens with zero attached hydrogens (tertiary/aromatic N) is 2. The van der Waals surface area contributed by atoms with Crippen molar-refractivity contribution in [3.63, 3.8) is 0 Å². The number of aromatic nitrogens is 2. The van der Waals surface area contributed by atoms with Crippen molar-refractivity contribution < 1.29 is 12.8 Å². The van der Waals surface area contributed by atoms with E-state index in [1.54, 1.807) is 0 Å². The van der Waals surface area contributed by atoms with Gasteiger partial charge in [-0.15, -0.1) is 10.2 Å². The van der Waals surface area contributed by atoms with Crippen LogP contribution in [-0.2, 0) is 16.3 Å². The van der Waals surface area contributed by atoms with Crippen molar-refractivity contribution in [1.82, 2.24) is 10.2 Å². The Morgan fingerprint density at radius 2 is 2.00 bits per heavy atom. The molecular weight excluding hydrogens is 368 g/mol. The number of hydrogen-bond donors (Lipinski definition) is 0. The average molecular weight is 389 g/mol. The van der Waals surface area contributed by atoms with Crippen LogP contribution in [0.1, 0.15) is 30.0 Å². The van der Waals surface area contributed by atoms with E-state index in [0.717, 1.165) is 0 Å². The summed E-state index contributed by atoms with van der Waals surface area (Å²) >= 11 is 1.53. The van der Waals surface area contributed by atoms with Gasteiger partial charge in [0.05, 0.1) is 11.5 Å². The molecule has 0 bridgehead atoms. The van der Waals surface area contributed by atoms with Gasteiger partial charge in [0.2, 0.25) is 5.89 Å². The van der Waals surface area contributed by atoms with Crippen LogP contribution in [0.25, 0.3) is 10.8 Å². The van der Waals surface area contributed by atoms with Gasteiger partial charge in [0.1, 0.15) is 0 Å². The SMILES string of the molecule is CC(Sc1nnc(CC2CCS(=O)(=O)C2)o1)c1ccc2ccccc2c1. The standard InChI is InChI=1S/C19H20N2O3S2/c1-13(16-7-6-15-4-2-3-5-17(15)11-16)25-19-21-20-18(24-19)10-14-8-9-26(22,23)12-14/h2-7,11,13-14H,8-10,12H2,1H3. The van der Waals surface area contributed by atoms with Gasteiger partial charge in [0, 0.05) is 11.7 Å². The van der Waals surface area contributed by atoms with Gasteiger partial charge in [-0.05, 0) is 35.6 Å². The number of sulfone groups is 1. The highest BCUT2D eigenvalue weighted by Gasteiger charge is 2.29. The Labute approximate surface area is 157 Å². The third-order valence-corrected chi connectivity index (χ3v) is 7.59. The summed E-state index contributed by atoms with van der Waals surface area (Å²) in [4.78, 5) is 0. The van der Waals surface area contributed by atoms with Gasteiger partial charge in [-0.2, -0.15) is 0 Å². The molecule has 2 heterocycles. The van der Waals surface area contributed by atoms with Crippen LogP contribution in [-0.4, -0.2) is 30.1 Å². The molecule has 0 amide bonds. The van der Waals surface area contributed by atoms with Crippen LogP contribution in [0.3, 0.4) is 0 Å². The minimum atomic E-state index is -2.88. The predicted octanol–water partition coefficient (Wildman–Crippen LogP) is 4.05. The van der Waals surface area contributed by atoms with E-state index >= 15 is 0 Å². The maximum Gasteiger partial charge on any atom is 0.277 e. The summed E-state index contributed by atoms with van der Waals surface area (Å²) in [5, 5.41) is 11.4. The van der Waals surface area contributed by atoms with E-state index in [0.29, 0.717) is 24.0 Å². The first kappa shape index (κ1) is 17.5. The van der Waals surface area contributed by atoms with Crippen LogP contribution >= 0.6 is 11.8 Å². The minimum absolute atomic E-state index is 0.0937. The Hall–Kier alpha value is -1.86. The average Bonchev–Trinajstić information content (AvgIpc) is 3.20. The molecule has 3 aromatic rings. The maximum atomic E-state index is 11.6. The van der Waals surface area contributed by atoms with Crippen LogP contribution in [0, 0.1) is 5.92 Å². The third-order valence-electron chi connectivity index (χ3n) is 4.76. The molecule has 2 unspecified atom stereocenters. The number of hydrogen-bond acceptors (Lipinski definition) is 6. The van der Waals surface area contributed by atoms with Crippen LogP contribution < -0.4 is 0 Å². The van der Waals surface area contributed by atoms with Gasteiger partial charge in [-0.1, -0.05) is 54.2 Å². The van der Waals surface area contributed by atoms with E-state index < -0.39 is 9.84 Å². The molecule has 1 aliphatic heterocycles. The normalized spacial score (nSPS) is 20.4. The Morgan fingerprint density at radius 3 is 2.77 bits per heavy atom. The summed E-state index contributed by atoms with van der Waals surface area (Å²) in [6, 6.07) is 14.7. The summed E-state index contributed by atoms with van der Waals surface area (Å²) in [7, 11) is -2.88. The molecule has 0 N–H and O–H groups in total. The number of fused-ring (bicyclic) bond motifs is 1. The number of thioether (sulfide) groups is 1. The highest BCUT2D eigenvalue weighted by atomic mass is 32.2. The topological polar surface area (TPSA) is 73.1 Å². The highest BCUT2D eigenvalue weighted by molar-refractivity contribution is 7.99. The summed E-state index contributed by atoms with van der Waals surface area (Å²) < 4.78 is 28.9. The zero-order valence-corrected chi connectivity index (χ0v) is 16.1. The molecule has 1 fully saturated rings. The Balaban J connectivity index is 1.43. The van der Waals surface area contributed by atoms with Crippen molar-refractivity contribution in [3.8, 4) is 0 Å². The van der Waals surface area contributed by atoms with E-state index in [1.165, 1.54) is 28.1 Å². The Bertz CT molecular complexity index is 1030. The molecule has 0 radical (unpaired) electrons. The molecule has 1 aromatic heterocycles. The first-order valence-corrected chi connectivity index (χ1v) is 11.4. The predicted molar refractivity (Wildman–Crippen MR) is 103 cm³/mol. The molecule has 2 aromatic carbocycles. The van der Waals surface area contributed by atoms with Crippen LogP contribution in [0.15, 0.2) is 52.1 Å². The van der Waals surface area contributed by atoms with E-state index in [2.05, 4.69) is 47.5 Å². The monoisotopic (exact) mass is 388 g/mol. The van der Waals surface area contributed by atoms with Crippen molar-refractivity contribution in [2.45, 2.75) is 30.2 Å². The molecule has 26 heavy (non-hydrogen) atoms. The molecule has 136 valence electrons. The lowest BCUT2D eigenvalue weighted by atomic mass is 10.1. The van der Waals surface area contributed by atoms with Crippen LogP contribution in [0.4, 0.5) is 0 Å². The third kappa shape index (κ3) is 3.94. The minimum Gasteiger partial charge on any atom is -0.416 e. The molecule has 2 atom stereocenters. The lowest BCUT2D eigenvalue weighted by Crippen LogP contribution is -2.07. The zero-order valence-electron chi connectivity index (χ0n) is 14.5. The van der Waals surface area contributed by atoms with Crippen LogP contribution in [0.5, 0.6) is 0 Å². The van der Waals surface area contributed by atoms with Crippen molar-refractivity contribution in [1.29, 1.82) is 0 Å². The van der Waals surface area contributed by atoms with Gasteiger partial charge >= 0.3 is 0 Å². The largest absolute Gasteiger partial charge is 0.416 e. The fraction of sp³-hybridized carbons (Fsp3) is 0.368. The fourth-order valence-corrected chi connectivity index (χ4v) is 6.01. The maximum absolute atomic E-state index is 11.6. The van der Waals surface area contributed by atoms with E-state index in [1.807, 2.05) is 12.1 Å². The molecule has 0 aliphatic carbocycles. The van der Waals surface area contributed by atoms with E-state index in [4.69, 9.17) is 4.42 Å². The summed E-state index contributed by atoms with van der Waals surface area (Å²) in [6.45, 7) is 2.11. The fourth-order valence-electron chi connectivity index (χ4n) is 3.33. The van der Waals surface area contributed by atoms with E-state index in [9.17, 15) is 8.42 Å². The van der Waals surface area contributed by atoms with Crippen molar-refractivity contribution >= 4 is 32.4 Å². The second kappa shape index (κ2) is 7.04. The molecule has 0 spiro atoms. The van der Waals surface area contributed by atoms with Crippen molar-refractivity contribution in [2.24, 2.45) is 5.92 Å². The smallest absolute Gasteiger partial charge is 0.277 e. The van der Waals surface area contributed by atoms with E-state index in [-0.39, 0.29) is 22.7 Å². The second-order valence-electron chi connectivity index (χ2n) is 6.80. The van der Waals surface area contributed by atoms with Gasteiger partial charge < -0.3 is 4.42 Å². The lowest BCUT2D eigenvalue weighted by molar-refractivity contribution is 0.389. The molecule has 4 rings (SSSR count). The van der Waals surface area contributed by atoms with Crippen LogP contribution in [0.2, 0.25) is 0 Å². The summed E-state index contributed by atoms with van der Waals surface area (Å²) in [5.74, 6) is 1.12. The molecular formula is C19H20N2O3S2. The highest BCUT2D eigenvalue weighted by Crippen LogP contribution is 2.35. The second-order valence-corrected chi connectivity index (χ2v) is 10.3. The summed E-state index contributed by atoms with van der Waals surface area (Å²) in [5.41, 5.74) is 1.20. The zero-order chi connectivity index (χ0) is 18.1. The quantitative estimate of drug-likeness (QED) is 0.614. The van der Waals surface area contributed by atoms with Gasteiger partial charge in [0.25, 0.3) is 5.22 Å². The van der Waals surface area contributed by atoms with Crippen molar-refractivity contribution in [3.05, 3.63) is 53.9 Å². The molecule has 0 saturated carbocycles. The van der Waals surface area contributed by atoms with Gasteiger partial charge in [-0.3, -0.25) is 0 Å². The number of rotatable bonds is 5. The van der Waals surface area contributed by atoms with Crippen molar-refractivity contribution in [2.75, 3.05) is 11.5 Å². The Morgan fingerprint density at radius 1 is 1.19 bits per heavy atom. The first-order chi connectivity index (χ1) is 12.5. The number of benzene rings is 2. The molecule has 1 saturated heterocycles. The molecule has 5 nitrogen and oxygen atoms in total. The lowest BCUT2D eigenvalue weighted by Gasteiger charge is -2.10. The molecule has 7 heteroatoms. The first-order valence-electron chi connectivity index (χ1n) is 8.67. The van der Waals surface area contributed by atoms with Gasteiger partial charge in [0.15, 0.2) is 9.84 Å². The molecule has 1 aliphatic rings. The summed E-state index contributed by atoms with van der Waals surface area (Å²) in [6.07, 6.45) is 1.22. The Kier molecular flexibility index (Phi) is 4.75.